The second kappa shape index (κ2) is 6.70. The first-order valence-corrected chi connectivity index (χ1v) is 9.11. The molecular weight excluding hydrogens is 346 g/mol. The van der Waals surface area contributed by atoms with Crippen molar-refractivity contribution in [2.24, 2.45) is 0 Å². The monoisotopic (exact) mass is 367 g/mol. The molecule has 0 aliphatic heterocycles. The second-order valence-electron chi connectivity index (χ2n) is 6.81. The molecule has 0 radical (unpaired) electrons. The molecule has 0 bridgehead atoms. The number of aliphatic hydroxyl groups is 1. The van der Waals surface area contributed by atoms with E-state index in [0.29, 0.717) is 17.4 Å². The smallest absolute Gasteiger partial charge is 0.343 e. The van der Waals surface area contributed by atoms with Crippen LogP contribution >= 0.6 is 0 Å². The lowest BCUT2D eigenvalue weighted by molar-refractivity contribution is 0.0524. The molecule has 4 rings (SSSR count). The summed E-state index contributed by atoms with van der Waals surface area (Å²) in [6, 6.07) is 7.05. The SMILES string of the molecule is CCOC(=O)c1cc(C2CC2)c2c(C)c(-c3ccc(CO)o3)ccn2c1=O. The minimum atomic E-state index is -0.584. The lowest BCUT2D eigenvalue weighted by Crippen LogP contribution is -2.25. The van der Waals surface area contributed by atoms with Crippen molar-refractivity contribution in [2.75, 3.05) is 6.61 Å². The fraction of sp³-hybridized carbons (Fsp3) is 0.333. The normalized spacial score (nSPS) is 13.9. The fourth-order valence-electron chi connectivity index (χ4n) is 3.53. The molecule has 3 aromatic heterocycles. The maximum atomic E-state index is 12.9. The zero-order chi connectivity index (χ0) is 19.1. The number of aryl methyl sites for hydroxylation is 1. The molecule has 0 amide bonds. The number of rotatable bonds is 5. The molecule has 3 aromatic rings. The molecular formula is C21H21NO5. The number of furan rings is 1. The minimum absolute atomic E-state index is 0.0731. The summed E-state index contributed by atoms with van der Waals surface area (Å²) < 4.78 is 12.3. The van der Waals surface area contributed by atoms with Gasteiger partial charge in [-0.2, -0.15) is 0 Å². The van der Waals surface area contributed by atoms with Crippen molar-refractivity contribution < 1.29 is 19.1 Å². The van der Waals surface area contributed by atoms with Gasteiger partial charge >= 0.3 is 5.97 Å². The molecule has 0 atom stereocenters. The van der Waals surface area contributed by atoms with E-state index in [2.05, 4.69) is 0 Å². The first kappa shape index (κ1) is 17.5. The van der Waals surface area contributed by atoms with Crippen molar-refractivity contribution >= 4 is 11.5 Å². The van der Waals surface area contributed by atoms with E-state index in [-0.39, 0.29) is 24.3 Å². The third-order valence-corrected chi connectivity index (χ3v) is 5.01. The highest BCUT2D eigenvalue weighted by Crippen LogP contribution is 2.43. The van der Waals surface area contributed by atoms with Gasteiger partial charge in [-0.15, -0.1) is 0 Å². The summed E-state index contributed by atoms with van der Waals surface area (Å²) in [5.74, 6) is 0.885. The van der Waals surface area contributed by atoms with Gasteiger partial charge in [-0.3, -0.25) is 9.20 Å². The average Bonchev–Trinajstić information content (AvgIpc) is 3.39. The number of ether oxygens (including phenoxy) is 1. The third kappa shape index (κ3) is 2.96. The van der Waals surface area contributed by atoms with E-state index in [0.717, 1.165) is 35.0 Å². The molecule has 6 heteroatoms. The Bertz CT molecular complexity index is 1090. The topological polar surface area (TPSA) is 81.2 Å². The Hall–Kier alpha value is -2.86. The van der Waals surface area contributed by atoms with Gasteiger partial charge < -0.3 is 14.3 Å². The summed E-state index contributed by atoms with van der Waals surface area (Å²) in [7, 11) is 0. The standard InChI is InChI=1S/C21H21NO5/c1-3-26-21(25)17-10-16(13-4-5-13)19-12(2)15(8-9-22(19)20(17)24)18-7-6-14(11-23)27-18/h6-10,13,23H,3-5,11H2,1-2H3. The van der Waals surface area contributed by atoms with Crippen molar-refractivity contribution in [2.45, 2.75) is 39.2 Å². The van der Waals surface area contributed by atoms with Gasteiger partial charge in [0.1, 0.15) is 23.7 Å². The minimum Gasteiger partial charge on any atom is -0.462 e. The number of carbonyl (C=O) groups is 1. The van der Waals surface area contributed by atoms with Crippen LogP contribution in [0.4, 0.5) is 0 Å². The molecule has 3 heterocycles. The quantitative estimate of drug-likeness (QED) is 0.699. The van der Waals surface area contributed by atoms with Gasteiger partial charge in [0.2, 0.25) is 0 Å². The summed E-state index contributed by atoms with van der Waals surface area (Å²) >= 11 is 0. The molecule has 27 heavy (non-hydrogen) atoms. The van der Waals surface area contributed by atoms with E-state index < -0.39 is 5.97 Å². The predicted octanol–water partition coefficient (Wildman–Crippen LogP) is 3.41. The molecule has 0 saturated heterocycles. The Morgan fingerprint density at radius 1 is 1.33 bits per heavy atom. The van der Waals surface area contributed by atoms with E-state index >= 15 is 0 Å². The van der Waals surface area contributed by atoms with Gasteiger partial charge in [0.15, 0.2) is 0 Å². The largest absolute Gasteiger partial charge is 0.462 e. The van der Waals surface area contributed by atoms with Gasteiger partial charge in [0, 0.05) is 11.8 Å². The molecule has 1 aliphatic rings. The van der Waals surface area contributed by atoms with E-state index in [1.54, 1.807) is 31.3 Å². The van der Waals surface area contributed by atoms with Crippen molar-refractivity contribution in [3.8, 4) is 11.3 Å². The highest BCUT2D eigenvalue weighted by atomic mass is 16.5. The summed E-state index contributed by atoms with van der Waals surface area (Å²) in [4.78, 5) is 25.1. The zero-order valence-electron chi connectivity index (χ0n) is 15.3. The molecule has 140 valence electrons. The van der Waals surface area contributed by atoms with Gasteiger partial charge in [-0.1, -0.05) is 0 Å². The lowest BCUT2D eigenvalue weighted by atomic mass is 9.99. The summed E-state index contributed by atoms with van der Waals surface area (Å²) in [6.07, 6.45) is 3.75. The van der Waals surface area contributed by atoms with Crippen LogP contribution in [-0.2, 0) is 11.3 Å². The Morgan fingerprint density at radius 3 is 2.74 bits per heavy atom. The fourth-order valence-corrected chi connectivity index (χ4v) is 3.53. The molecule has 0 aromatic carbocycles. The summed E-state index contributed by atoms with van der Waals surface area (Å²) in [6.45, 7) is 3.73. The molecule has 1 N–H and O–H groups in total. The highest BCUT2D eigenvalue weighted by molar-refractivity contribution is 5.90. The molecule has 0 unspecified atom stereocenters. The molecule has 0 spiro atoms. The van der Waals surface area contributed by atoms with Crippen LogP contribution in [0.2, 0.25) is 0 Å². The Morgan fingerprint density at radius 2 is 2.11 bits per heavy atom. The Labute approximate surface area is 156 Å². The number of hydrogen-bond acceptors (Lipinski definition) is 5. The van der Waals surface area contributed by atoms with Gasteiger partial charge in [-0.25, -0.2) is 4.79 Å². The number of aromatic nitrogens is 1. The van der Waals surface area contributed by atoms with Gasteiger partial charge in [-0.05, 0) is 68.0 Å². The van der Waals surface area contributed by atoms with Crippen LogP contribution < -0.4 is 5.56 Å². The summed E-state index contributed by atoms with van der Waals surface area (Å²) in [5, 5.41) is 9.24. The van der Waals surface area contributed by atoms with Crippen LogP contribution in [0, 0.1) is 6.92 Å². The van der Waals surface area contributed by atoms with E-state index in [9.17, 15) is 14.7 Å². The van der Waals surface area contributed by atoms with Crippen LogP contribution in [0.5, 0.6) is 0 Å². The number of nitrogens with zero attached hydrogens (tertiary/aromatic N) is 1. The van der Waals surface area contributed by atoms with E-state index in [1.807, 2.05) is 13.0 Å². The van der Waals surface area contributed by atoms with Crippen molar-refractivity contribution in [3.05, 3.63) is 63.3 Å². The van der Waals surface area contributed by atoms with Crippen LogP contribution in [0.1, 0.15) is 52.9 Å². The number of carbonyl (C=O) groups excluding carboxylic acids is 1. The highest BCUT2D eigenvalue weighted by Gasteiger charge is 2.30. The van der Waals surface area contributed by atoms with Crippen LogP contribution in [0.15, 0.2) is 39.7 Å². The first-order valence-electron chi connectivity index (χ1n) is 9.11. The maximum Gasteiger partial charge on any atom is 0.343 e. The first-order chi connectivity index (χ1) is 13.0. The summed E-state index contributed by atoms with van der Waals surface area (Å²) in [5.41, 5.74) is 3.27. The number of pyridine rings is 2. The van der Waals surface area contributed by atoms with Gasteiger partial charge in [0.25, 0.3) is 5.56 Å². The molecule has 6 nitrogen and oxygen atoms in total. The lowest BCUT2D eigenvalue weighted by Gasteiger charge is -2.15. The Balaban J connectivity index is 1.96. The van der Waals surface area contributed by atoms with Crippen LogP contribution in [0.3, 0.4) is 0 Å². The van der Waals surface area contributed by atoms with E-state index in [1.165, 1.54) is 4.40 Å². The van der Waals surface area contributed by atoms with Crippen molar-refractivity contribution in [3.63, 3.8) is 0 Å². The number of hydrogen-bond donors (Lipinski definition) is 1. The van der Waals surface area contributed by atoms with Crippen molar-refractivity contribution in [1.82, 2.24) is 4.40 Å². The Kier molecular flexibility index (Phi) is 4.36. The number of fused-ring (bicyclic) bond motifs is 1. The number of esters is 1. The maximum absolute atomic E-state index is 12.9. The molecule has 1 saturated carbocycles. The predicted molar refractivity (Wildman–Crippen MR) is 100.0 cm³/mol. The van der Waals surface area contributed by atoms with Gasteiger partial charge in [0.05, 0.1) is 12.1 Å². The van der Waals surface area contributed by atoms with Crippen molar-refractivity contribution in [1.29, 1.82) is 0 Å². The average molecular weight is 367 g/mol. The van der Waals surface area contributed by atoms with Crippen LogP contribution in [-0.4, -0.2) is 22.1 Å². The van der Waals surface area contributed by atoms with Crippen LogP contribution in [0.25, 0.3) is 16.8 Å². The second-order valence-corrected chi connectivity index (χ2v) is 6.81. The molecule has 1 aliphatic carbocycles. The molecule has 1 fully saturated rings. The van der Waals surface area contributed by atoms with E-state index in [4.69, 9.17) is 9.15 Å². The third-order valence-electron chi connectivity index (χ3n) is 5.01. The number of aliphatic hydroxyl groups excluding tert-OH is 1. The zero-order valence-corrected chi connectivity index (χ0v) is 15.3.